The number of amidine groups is 1. The monoisotopic (exact) mass is 352 g/mol. The van der Waals surface area contributed by atoms with Crippen LogP contribution in [0.4, 0.5) is 11.4 Å². The minimum Gasteiger partial charge on any atom is -0.300 e. The third kappa shape index (κ3) is 1.68. The number of hydrogen-bond donors (Lipinski definition) is 0. The van der Waals surface area contributed by atoms with E-state index in [2.05, 4.69) is 71.2 Å². The number of hydrazone groups is 1. The maximum atomic E-state index is 5.14. The molecule has 132 valence electrons. The van der Waals surface area contributed by atoms with E-state index >= 15 is 0 Å². The summed E-state index contributed by atoms with van der Waals surface area (Å²) in [5.74, 6) is 1.06. The fourth-order valence-electron chi connectivity index (χ4n) is 5.00. The highest BCUT2D eigenvalue weighted by atomic mass is 15.6. The van der Waals surface area contributed by atoms with Gasteiger partial charge in [-0.3, -0.25) is 9.88 Å². The summed E-state index contributed by atoms with van der Waals surface area (Å²) in [6.07, 6.45) is 4.88. The summed E-state index contributed by atoms with van der Waals surface area (Å²) in [4.78, 5) is 6.66. The lowest BCUT2D eigenvalue weighted by molar-refractivity contribution is 0.386. The number of nitrogens with zero attached hydrogens (tertiary/aromatic N) is 4. The predicted octanol–water partition coefficient (Wildman–Crippen LogP) is 4.76. The first-order valence-electron chi connectivity index (χ1n) is 9.54. The van der Waals surface area contributed by atoms with Crippen LogP contribution in [0, 0.1) is 0 Å². The van der Waals surface area contributed by atoms with Crippen molar-refractivity contribution in [3.8, 4) is 11.1 Å². The Morgan fingerprint density at radius 3 is 2.44 bits per heavy atom. The standard InChI is InChI=1S/C23H20N4/c1-3-23(2)19-10-6-9-17-16-7-4-5-8-18(16)21-25-27(15-11-13-24-14-12-15)22(23)26(21)20(17)19/h4-14,22H,3H2,1-2H3. The summed E-state index contributed by atoms with van der Waals surface area (Å²) in [5.41, 5.74) is 7.64. The normalized spacial score (nSPS) is 23.9. The van der Waals surface area contributed by atoms with Crippen molar-refractivity contribution in [2.24, 2.45) is 5.10 Å². The van der Waals surface area contributed by atoms with Crippen LogP contribution in [0.3, 0.4) is 0 Å². The summed E-state index contributed by atoms with van der Waals surface area (Å²) in [5, 5.41) is 7.34. The number of benzene rings is 2. The second-order valence-corrected chi connectivity index (χ2v) is 7.74. The van der Waals surface area contributed by atoms with Crippen LogP contribution in [0.2, 0.25) is 0 Å². The first kappa shape index (κ1) is 15.0. The summed E-state index contributed by atoms with van der Waals surface area (Å²) in [6.45, 7) is 4.66. The molecule has 4 nitrogen and oxygen atoms in total. The molecule has 3 aromatic rings. The number of pyridine rings is 1. The molecule has 3 aliphatic heterocycles. The minimum absolute atomic E-state index is 0.0120. The van der Waals surface area contributed by atoms with Crippen molar-refractivity contribution in [3.05, 3.63) is 78.1 Å². The van der Waals surface area contributed by atoms with Crippen molar-refractivity contribution in [1.82, 2.24) is 4.98 Å². The highest BCUT2D eigenvalue weighted by molar-refractivity contribution is 6.22. The Bertz CT molecular complexity index is 1100. The van der Waals surface area contributed by atoms with Crippen LogP contribution in [-0.2, 0) is 5.41 Å². The summed E-state index contributed by atoms with van der Waals surface area (Å²) in [7, 11) is 0. The molecule has 0 spiro atoms. The minimum atomic E-state index is -0.0120. The van der Waals surface area contributed by atoms with Crippen LogP contribution >= 0.6 is 0 Å². The molecule has 2 atom stereocenters. The van der Waals surface area contributed by atoms with Crippen LogP contribution in [0.5, 0.6) is 0 Å². The van der Waals surface area contributed by atoms with Crippen LogP contribution in [-0.4, -0.2) is 17.0 Å². The van der Waals surface area contributed by atoms with Gasteiger partial charge in [-0.1, -0.05) is 56.3 Å². The van der Waals surface area contributed by atoms with Crippen LogP contribution in [0.15, 0.2) is 72.1 Å². The molecular formula is C23H20N4. The van der Waals surface area contributed by atoms with E-state index < -0.39 is 0 Å². The lowest BCUT2D eigenvalue weighted by Crippen LogP contribution is -2.50. The van der Waals surface area contributed by atoms with Gasteiger partial charge in [0.05, 0.1) is 11.4 Å². The van der Waals surface area contributed by atoms with E-state index in [1.807, 2.05) is 24.5 Å². The second-order valence-electron chi connectivity index (χ2n) is 7.74. The molecule has 1 aromatic heterocycles. The van der Waals surface area contributed by atoms with E-state index in [4.69, 9.17) is 5.10 Å². The van der Waals surface area contributed by atoms with Crippen LogP contribution in [0.25, 0.3) is 11.1 Å². The van der Waals surface area contributed by atoms with Crippen molar-refractivity contribution >= 4 is 17.2 Å². The van der Waals surface area contributed by atoms with Gasteiger partial charge < -0.3 is 0 Å². The number of hydrogen-bond acceptors (Lipinski definition) is 4. The molecule has 0 fully saturated rings. The average Bonchev–Trinajstić information content (AvgIpc) is 3.25. The zero-order chi connectivity index (χ0) is 18.2. The van der Waals surface area contributed by atoms with Gasteiger partial charge in [-0.15, -0.1) is 0 Å². The van der Waals surface area contributed by atoms with Gasteiger partial charge in [0.25, 0.3) is 0 Å². The molecule has 2 unspecified atom stereocenters. The van der Waals surface area contributed by atoms with Crippen molar-refractivity contribution < 1.29 is 0 Å². The fraction of sp³-hybridized carbons (Fsp3) is 0.217. The van der Waals surface area contributed by atoms with Gasteiger partial charge in [0.15, 0.2) is 5.84 Å². The Hall–Kier alpha value is -3.14. The van der Waals surface area contributed by atoms with Gasteiger partial charge >= 0.3 is 0 Å². The maximum absolute atomic E-state index is 5.14. The molecule has 0 saturated heterocycles. The summed E-state index contributed by atoms with van der Waals surface area (Å²) >= 11 is 0. The first-order valence-corrected chi connectivity index (χ1v) is 9.54. The predicted molar refractivity (Wildman–Crippen MR) is 109 cm³/mol. The van der Waals surface area contributed by atoms with E-state index in [1.54, 1.807) is 0 Å². The average molecular weight is 352 g/mol. The fourth-order valence-corrected chi connectivity index (χ4v) is 5.00. The molecule has 0 saturated carbocycles. The molecule has 0 N–H and O–H groups in total. The maximum Gasteiger partial charge on any atom is 0.163 e. The largest absolute Gasteiger partial charge is 0.300 e. The van der Waals surface area contributed by atoms with Crippen molar-refractivity contribution in [2.75, 3.05) is 9.91 Å². The SMILES string of the molecule is CCC1(C)c2cccc3c2N2C(=NN(c4ccncc4)C21)c1ccccc1-3. The van der Waals surface area contributed by atoms with Crippen molar-refractivity contribution in [3.63, 3.8) is 0 Å². The molecule has 4 heterocycles. The number of anilines is 2. The zero-order valence-electron chi connectivity index (χ0n) is 15.4. The molecule has 0 radical (unpaired) electrons. The molecule has 27 heavy (non-hydrogen) atoms. The molecule has 0 aliphatic carbocycles. The van der Waals surface area contributed by atoms with E-state index in [0.29, 0.717) is 0 Å². The molecule has 4 heteroatoms. The number of rotatable bonds is 2. The van der Waals surface area contributed by atoms with Gasteiger partial charge in [0, 0.05) is 28.9 Å². The Labute approximate surface area is 158 Å². The molecular weight excluding hydrogens is 332 g/mol. The lowest BCUT2D eigenvalue weighted by Gasteiger charge is -2.37. The van der Waals surface area contributed by atoms with Gasteiger partial charge in [-0.05, 0) is 29.7 Å². The number of para-hydroxylation sites is 1. The molecule has 3 aliphatic rings. The highest BCUT2D eigenvalue weighted by Crippen LogP contribution is 2.57. The summed E-state index contributed by atoms with van der Waals surface area (Å²) in [6, 6.07) is 19.5. The molecule has 2 aromatic carbocycles. The second kappa shape index (κ2) is 4.97. The third-order valence-electron chi connectivity index (χ3n) is 6.49. The zero-order valence-corrected chi connectivity index (χ0v) is 15.4. The first-order chi connectivity index (χ1) is 13.2. The Morgan fingerprint density at radius 1 is 0.926 bits per heavy atom. The number of fused-ring (bicyclic) bond motifs is 3. The van der Waals surface area contributed by atoms with Crippen molar-refractivity contribution in [1.29, 1.82) is 0 Å². The van der Waals surface area contributed by atoms with Crippen molar-refractivity contribution in [2.45, 2.75) is 31.8 Å². The Balaban J connectivity index is 1.70. The molecule has 0 bridgehead atoms. The third-order valence-corrected chi connectivity index (χ3v) is 6.49. The van der Waals surface area contributed by atoms with Gasteiger partial charge in [0.1, 0.15) is 6.17 Å². The quantitative estimate of drug-likeness (QED) is 0.666. The van der Waals surface area contributed by atoms with Gasteiger partial charge in [-0.2, -0.15) is 5.10 Å². The molecule has 6 rings (SSSR count). The van der Waals surface area contributed by atoms with E-state index in [1.165, 1.54) is 27.9 Å². The Morgan fingerprint density at radius 2 is 1.67 bits per heavy atom. The van der Waals surface area contributed by atoms with E-state index in [-0.39, 0.29) is 11.6 Å². The van der Waals surface area contributed by atoms with E-state index in [9.17, 15) is 0 Å². The highest BCUT2D eigenvalue weighted by Gasteiger charge is 2.57. The molecule has 0 amide bonds. The summed E-state index contributed by atoms with van der Waals surface area (Å²) < 4.78 is 0. The smallest absolute Gasteiger partial charge is 0.163 e. The lowest BCUT2D eigenvalue weighted by atomic mass is 9.78. The van der Waals surface area contributed by atoms with Gasteiger partial charge in [-0.25, -0.2) is 5.01 Å². The Kier molecular flexibility index (Phi) is 2.76. The van der Waals surface area contributed by atoms with Crippen LogP contribution in [0.1, 0.15) is 31.4 Å². The number of aromatic nitrogens is 1. The van der Waals surface area contributed by atoms with Crippen LogP contribution < -0.4 is 9.91 Å². The van der Waals surface area contributed by atoms with E-state index in [0.717, 1.165) is 17.9 Å². The van der Waals surface area contributed by atoms with Gasteiger partial charge in [0.2, 0.25) is 0 Å². The topological polar surface area (TPSA) is 31.7 Å².